The maximum Gasteiger partial charge on any atom is 0.407 e. The van der Waals surface area contributed by atoms with Crippen LogP contribution in [0, 0.1) is 86.8 Å². The first-order chi connectivity index (χ1) is 55.7. The maximum atomic E-state index is 12.8. The number of ether oxygens (including phenoxy) is 4. The fourth-order valence-corrected chi connectivity index (χ4v) is 24.6. The summed E-state index contributed by atoms with van der Waals surface area (Å²) in [4.78, 5) is 80.5. The van der Waals surface area contributed by atoms with Crippen molar-refractivity contribution in [3.05, 3.63) is 23.3 Å². The molecule has 0 spiro atoms. The van der Waals surface area contributed by atoms with Crippen LogP contribution in [0.2, 0.25) is 0 Å². The van der Waals surface area contributed by atoms with Crippen LogP contribution in [-0.4, -0.2) is 193 Å². The number of rotatable bonds is 28. The molecular formula is C97H172N6O13. The highest BCUT2D eigenvalue weighted by atomic mass is 16.6. The number of nitrogens with one attached hydrogen (secondary N) is 2. The zero-order valence-corrected chi connectivity index (χ0v) is 76.7. The number of hydrogen-bond acceptors (Lipinski definition) is 13. The van der Waals surface area contributed by atoms with E-state index in [9.17, 15) is 39.0 Å². The van der Waals surface area contributed by atoms with Gasteiger partial charge in [0.1, 0.15) is 25.3 Å². The topological polar surface area (TPSA) is 237 Å². The second kappa shape index (κ2) is 48.5. The number of carbonyl (C=O) groups excluding carboxylic acids is 6. The van der Waals surface area contributed by atoms with E-state index in [1.54, 1.807) is 30.9 Å². The number of aliphatic hydroxyl groups excluding tert-OH is 3. The van der Waals surface area contributed by atoms with Gasteiger partial charge in [-0.25, -0.2) is 9.59 Å². The lowest BCUT2D eigenvalue weighted by molar-refractivity contribution is -0.132. The fourth-order valence-electron chi connectivity index (χ4n) is 24.6. The number of β-amino-alcohol motifs (C(OH)–C–C–N with tert-alkyl or cyclic N) is 2. The lowest BCUT2D eigenvalue weighted by Crippen LogP contribution is -2.50. The van der Waals surface area contributed by atoms with Gasteiger partial charge in [-0.3, -0.25) is 19.2 Å². The molecule has 12 rings (SSSR count). The molecule has 4 aliphatic heterocycles. The molecule has 5 N–H and O–H groups in total. The predicted molar refractivity (Wildman–Crippen MR) is 467 cm³/mol. The van der Waals surface area contributed by atoms with Gasteiger partial charge in [0, 0.05) is 103 Å². The monoisotopic (exact) mass is 1630 g/mol. The third-order valence-electron chi connectivity index (χ3n) is 31.6. The van der Waals surface area contributed by atoms with Gasteiger partial charge in [-0.1, -0.05) is 217 Å². The molecule has 8 aliphatic carbocycles. The van der Waals surface area contributed by atoms with E-state index < -0.39 is 18.3 Å². The summed E-state index contributed by atoms with van der Waals surface area (Å²) in [6.07, 6.45) is 49.7. The molecule has 8 unspecified atom stereocenters. The largest absolute Gasteiger partial charge is 0.446 e. The first kappa shape index (κ1) is 98.8. The molecule has 19 nitrogen and oxygen atoms in total. The number of amides is 6. The third-order valence-corrected chi connectivity index (χ3v) is 31.6. The van der Waals surface area contributed by atoms with Gasteiger partial charge in [0.05, 0.1) is 37.1 Å². The molecule has 4 saturated heterocycles. The SMILES string of the molecule is CCC.CCC.CCC(=O)N1C[C@@H](CC)[C@H](O)C1.CCC(=O)N1C[C@@H](CO)[C@@H](O)C1.CCCCCCCC[C@H]1CCC2C3CC=C4CC(OC(=O)NCC(=O)N5CC[C@H](OC)[C@@H]5CC)CC[C@]4(C)C3CC[C@@]21C.CCCCCCCC[C@H]1CCC2C3CC=C4CC(OC(=O)NCC(=O)N5C[C@H](CC)[C@H](OC)C5)CC[C@]4(C)C3CC[C@@]21C. The van der Waals surface area contributed by atoms with Crippen LogP contribution in [-0.2, 0) is 38.1 Å². The first-order valence-electron chi connectivity index (χ1n) is 48.1. The number of unbranched alkanes of at least 4 members (excludes halogenated alkanes) is 10. The minimum atomic E-state index is -0.550. The van der Waals surface area contributed by atoms with Crippen LogP contribution in [0.1, 0.15) is 348 Å². The molecule has 4 heterocycles. The van der Waals surface area contributed by atoms with Gasteiger partial charge < -0.3 is 64.5 Å². The highest BCUT2D eigenvalue weighted by Gasteiger charge is 2.61. The Hall–Kier alpha value is -4.30. The zero-order chi connectivity index (χ0) is 84.9. The van der Waals surface area contributed by atoms with Gasteiger partial charge >= 0.3 is 12.2 Å². The molecule has 0 radical (unpaired) electrons. The molecule has 0 aromatic rings. The van der Waals surface area contributed by atoms with Crippen LogP contribution in [0.4, 0.5) is 9.59 Å². The van der Waals surface area contributed by atoms with Gasteiger partial charge in [-0.2, -0.15) is 0 Å². The first-order valence-corrected chi connectivity index (χ1v) is 48.1. The number of nitrogens with zero attached hydrogens (tertiary/aromatic N) is 4. The van der Waals surface area contributed by atoms with Crippen LogP contribution in [0.5, 0.6) is 0 Å². The predicted octanol–water partition coefficient (Wildman–Crippen LogP) is 19.4. The minimum absolute atomic E-state index is 0.0112. The summed E-state index contributed by atoms with van der Waals surface area (Å²) in [6, 6.07) is 0.0847. The Labute approximate surface area is 705 Å². The Bertz CT molecular complexity index is 2990. The molecular weight excluding hydrogens is 1460 g/mol. The Morgan fingerprint density at radius 3 is 1.26 bits per heavy atom. The molecule has 116 heavy (non-hydrogen) atoms. The Balaban J connectivity index is 0.000000237. The molecule has 0 aromatic carbocycles. The average molecular weight is 1630 g/mol. The lowest BCUT2D eigenvalue weighted by atomic mass is 9.47. The van der Waals surface area contributed by atoms with Crippen molar-refractivity contribution in [3.8, 4) is 0 Å². The maximum absolute atomic E-state index is 12.8. The smallest absolute Gasteiger partial charge is 0.407 e. The number of allylic oxidation sites excluding steroid dienone is 2. The van der Waals surface area contributed by atoms with Crippen molar-refractivity contribution in [1.29, 1.82) is 0 Å². The van der Waals surface area contributed by atoms with E-state index in [0.717, 1.165) is 118 Å². The van der Waals surface area contributed by atoms with Crippen molar-refractivity contribution < 1.29 is 63.0 Å². The molecule has 19 heteroatoms. The Morgan fingerprint density at radius 2 is 0.862 bits per heavy atom. The molecule has 6 amide bonds. The highest BCUT2D eigenvalue weighted by Crippen LogP contribution is 2.69. The van der Waals surface area contributed by atoms with Crippen molar-refractivity contribution in [3.63, 3.8) is 0 Å². The van der Waals surface area contributed by atoms with Gasteiger partial charge in [0.25, 0.3) is 0 Å². The normalized spacial score (nSPS) is 35.0. The number of likely N-dealkylation sites (tertiary alicyclic amines) is 4. The van der Waals surface area contributed by atoms with Crippen molar-refractivity contribution >= 4 is 35.8 Å². The molecule has 0 aromatic heterocycles. The summed E-state index contributed by atoms with van der Waals surface area (Å²) in [5.74, 6) is 7.40. The van der Waals surface area contributed by atoms with Crippen LogP contribution in [0.3, 0.4) is 0 Å². The van der Waals surface area contributed by atoms with Gasteiger partial charge in [-0.15, -0.1) is 0 Å². The second-order valence-electron chi connectivity index (χ2n) is 38.8. The average Bonchev–Trinajstić information content (AvgIpc) is 1.41. The molecule has 668 valence electrons. The van der Waals surface area contributed by atoms with E-state index in [2.05, 4.69) is 106 Å². The fraction of sp³-hybridized carbons (Fsp3) is 0.897. The van der Waals surface area contributed by atoms with E-state index in [1.807, 2.05) is 23.6 Å². The number of fused-ring (bicyclic) bond motifs is 10. The lowest BCUT2D eigenvalue weighted by Gasteiger charge is -2.58. The minimum Gasteiger partial charge on any atom is -0.446 e. The molecule has 0 bridgehead atoms. The quantitative estimate of drug-likeness (QED) is 0.0362. The highest BCUT2D eigenvalue weighted by molar-refractivity contribution is 5.83. The molecule has 10 fully saturated rings. The number of alkyl carbamates (subject to hydrolysis) is 2. The van der Waals surface area contributed by atoms with Gasteiger partial charge in [0.15, 0.2) is 0 Å². The van der Waals surface area contributed by atoms with Crippen molar-refractivity contribution in [2.75, 3.05) is 79.7 Å². The van der Waals surface area contributed by atoms with E-state index in [-0.39, 0.29) is 96.6 Å². The van der Waals surface area contributed by atoms with E-state index in [4.69, 9.17) is 24.1 Å². The van der Waals surface area contributed by atoms with Crippen molar-refractivity contribution in [1.82, 2.24) is 30.2 Å². The number of carbonyl (C=O) groups is 6. The van der Waals surface area contributed by atoms with Crippen molar-refractivity contribution in [2.24, 2.45) is 86.8 Å². The molecule has 12 aliphatic rings. The summed E-state index contributed by atoms with van der Waals surface area (Å²) in [6.45, 7) is 37.5. The van der Waals surface area contributed by atoms with E-state index in [1.165, 1.54) is 178 Å². The van der Waals surface area contributed by atoms with Crippen LogP contribution in [0.25, 0.3) is 0 Å². The van der Waals surface area contributed by atoms with Crippen LogP contribution < -0.4 is 10.6 Å². The van der Waals surface area contributed by atoms with E-state index >= 15 is 0 Å². The summed E-state index contributed by atoms with van der Waals surface area (Å²) in [7, 11) is 3.42. The van der Waals surface area contributed by atoms with Crippen molar-refractivity contribution in [2.45, 2.75) is 391 Å². The Kier molecular flexibility index (Phi) is 41.3. The third kappa shape index (κ3) is 25.2. The summed E-state index contributed by atoms with van der Waals surface area (Å²) >= 11 is 0. The molecule has 22 atom stereocenters. The number of hydrogen-bond donors (Lipinski definition) is 5. The summed E-state index contributed by atoms with van der Waals surface area (Å²) < 4.78 is 22.9. The van der Waals surface area contributed by atoms with Gasteiger partial charge in [-0.05, 0) is 197 Å². The second-order valence-corrected chi connectivity index (χ2v) is 38.8. The molecule has 6 saturated carbocycles. The van der Waals surface area contributed by atoms with Crippen LogP contribution >= 0.6 is 0 Å². The summed E-state index contributed by atoms with van der Waals surface area (Å²) in [5, 5.41) is 33.2. The van der Waals surface area contributed by atoms with E-state index in [0.29, 0.717) is 74.8 Å². The van der Waals surface area contributed by atoms with Gasteiger partial charge in [0.2, 0.25) is 23.6 Å². The van der Waals surface area contributed by atoms with Crippen LogP contribution in [0.15, 0.2) is 23.3 Å². The zero-order valence-electron chi connectivity index (χ0n) is 76.7. The number of methoxy groups -OCH3 is 2. The number of aliphatic hydroxyl groups is 3. The Morgan fingerprint density at radius 1 is 0.448 bits per heavy atom. The summed E-state index contributed by atoms with van der Waals surface area (Å²) in [5.41, 5.74) is 4.64. The standard InChI is InChI=1S/2C37H62N2O4.C9H17NO2.C8H15NO3.2C3H8/c1-6-8-9-10-11-12-13-26-15-17-30-29-16-14-27-24-28(18-21-37(27,4)31(29)19-22-36(26,30)3)43-35(41)38-25-34(40)39-23-20-33(42-5)32(39)7-2;1-6-8-9-10-11-12-13-27-15-17-31-30-16-14-28-22-29(18-20-37(28,4)32(30)19-21-36(27,31)3)43-35(41)38-23-34(40)39-24-26(7-2)33(25-39)42-5;1-3-7-5-10(6-8(7)11)9(12)4-2;1-2-8(12)9-3-6(5-10)7(11)4-9;2*1-3-2/h14,26,28-33H,6-13,15-25H2,1-5H3,(H,38,41);14,26-27,29-33H,6-13,15-25H2,1-5H3,(H,38,41);7-8,11H,3-6H2,1-2H3;6-7,10-11H,2-5H2,1H3;2*3H2,1-2H3/t26-,28?,29?,30?,31?,32-,33-,36+,37-;26-,27-,29?,30?,31?,32?,33+,36+,37-;7-,8-;6-,7-;;/m0010../s1.